The van der Waals surface area contributed by atoms with Crippen molar-refractivity contribution in [3.05, 3.63) is 77.4 Å². The molecule has 0 aliphatic rings. The smallest absolute Gasteiger partial charge is 0.259 e. The monoisotopic (exact) mass is 388 g/mol. The average Bonchev–Trinajstić information content (AvgIpc) is 3.32. The van der Waals surface area contributed by atoms with E-state index in [1.165, 1.54) is 0 Å². The molecule has 2 aromatic carbocycles. The van der Waals surface area contributed by atoms with E-state index >= 15 is 0 Å². The molecule has 0 fully saturated rings. The second kappa shape index (κ2) is 7.91. The van der Waals surface area contributed by atoms with E-state index in [2.05, 4.69) is 27.5 Å². The van der Waals surface area contributed by atoms with Crippen LogP contribution in [0.25, 0.3) is 11.1 Å². The van der Waals surface area contributed by atoms with Gasteiger partial charge in [-0.25, -0.2) is 4.98 Å². The molecule has 0 unspecified atom stereocenters. The summed E-state index contributed by atoms with van der Waals surface area (Å²) in [5, 5.41) is 7.41. The number of hydrogen-bond acceptors (Lipinski definition) is 4. The number of nitrogens with one attached hydrogen (secondary N) is 1. The molecule has 0 atom stereocenters. The fourth-order valence-corrected chi connectivity index (χ4v) is 3.33. The molecule has 0 radical (unpaired) electrons. The first-order chi connectivity index (χ1) is 14.0. The zero-order valence-corrected chi connectivity index (χ0v) is 16.8. The Morgan fingerprint density at radius 1 is 1.17 bits per heavy atom. The quantitative estimate of drug-likeness (QED) is 0.504. The van der Waals surface area contributed by atoms with Crippen LogP contribution in [0.3, 0.4) is 0 Å². The zero-order chi connectivity index (χ0) is 20.4. The lowest BCUT2D eigenvalue weighted by atomic mass is 10.1. The topological polar surface area (TPSA) is 73.0 Å². The molecule has 148 valence electrons. The summed E-state index contributed by atoms with van der Waals surface area (Å²) in [6.07, 6.45) is 2.36. The largest absolute Gasteiger partial charge is 0.440 e. The molecule has 2 heterocycles. The van der Waals surface area contributed by atoms with Crippen molar-refractivity contribution >= 4 is 22.7 Å². The van der Waals surface area contributed by atoms with Gasteiger partial charge >= 0.3 is 0 Å². The van der Waals surface area contributed by atoms with E-state index in [-0.39, 0.29) is 11.8 Å². The first-order valence-electron chi connectivity index (χ1n) is 9.85. The minimum Gasteiger partial charge on any atom is -0.440 e. The van der Waals surface area contributed by atoms with E-state index in [4.69, 9.17) is 4.42 Å². The van der Waals surface area contributed by atoms with Gasteiger partial charge in [-0.3, -0.25) is 9.48 Å². The van der Waals surface area contributed by atoms with Crippen LogP contribution >= 0.6 is 0 Å². The number of benzene rings is 2. The normalized spacial score (nSPS) is 11.3. The van der Waals surface area contributed by atoms with E-state index in [0.717, 1.165) is 28.8 Å². The summed E-state index contributed by atoms with van der Waals surface area (Å²) >= 11 is 0. The van der Waals surface area contributed by atoms with Crippen LogP contribution < -0.4 is 5.32 Å². The average molecular weight is 388 g/mol. The van der Waals surface area contributed by atoms with Crippen molar-refractivity contribution in [1.29, 1.82) is 0 Å². The maximum atomic E-state index is 12.9. The highest BCUT2D eigenvalue weighted by Gasteiger charge is 2.17. The van der Waals surface area contributed by atoms with Gasteiger partial charge < -0.3 is 9.73 Å². The highest BCUT2D eigenvalue weighted by Crippen LogP contribution is 2.24. The lowest BCUT2D eigenvalue weighted by Crippen LogP contribution is -2.15. The number of carbonyl (C=O) groups excluding carboxylic acids is 1. The molecule has 0 aliphatic carbocycles. The molecule has 6 nitrogen and oxygen atoms in total. The van der Waals surface area contributed by atoms with Gasteiger partial charge in [-0.05, 0) is 30.2 Å². The van der Waals surface area contributed by atoms with Crippen molar-refractivity contribution < 1.29 is 9.21 Å². The lowest BCUT2D eigenvalue weighted by molar-refractivity contribution is 0.102. The number of anilines is 1. The molecule has 4 rings (SSSR count). The zero-order valence-electron chi connectivity index (χ0n) is 16.8. The number of hydrogen-bond donors (Lipinski definition) is 1. The molecular formula is C23H24N4O2. The number of nitrogens with zero attached hydrogens (tertiary/aromatic N) is 3. The summed E-state index contributed by atoms with van der Waals surface area (Å²) in [5.41, 5.74) is 4.79. The molecule has 4 aromatic rings. The van der Waals surface area contributed by atoms with Crippen LogP contribution in [-0.2, 0) is 13.0 Å². The molecule has 1 amide bonds. The minimum absolute atomic E-state index is 0.173. The first kappa shape index (κ1) is 18.9. The predicted molar refractivity (Wildman–Crippen MR) is 113 cm³/mol. The molecule has 2 aromatic heterocycles. The second-order valence-electron chi connectivity index (χ2n) is 7.35. The van der Waals surface area contributed by atoms with Crippen LogP contribution in [0.1, 0.15) is 54.2 Å². The van der Waals surface area contributed by atoms with E-state index in [0.29, 0.717) is 23.7 Å². The summed E-state index contributed by atoms with van der Waals surface area (Å²) < 4.78 is 7.62. The molecule has 6 heteroatoms. The Kier molecular flexibility index (Phi) is 5.16. The van der Waals surface area contributed by atoms with E-state index in [1.807, 2.05) is 61.9 Å². The lowest BCUT2D eigenvalue weighted by Gasteiger charge is -2.09. The van der Waals surface area contributed by atoms with Crippen molar-refractivity contribution in [2.75, 3.05) is 5.32 Å². The highest BCUT2D eigenvalue weighted by atomic mass is 16.3. The van der Waals surface area contributed by atoms with Gasteiger partial charge in [0.05, 0.1) is 24.0 Å². The number of fused-ring (bicyclic) bond motifs is 1. The van der Waals surface area contributed by atoms with Gasteiger partial charge in [-0.15, -0.1) is 0 Å². The standard InChI is InChI=1S/C23H24N4O2/c1-4-20-18(13-24-27(20)14-16-8-6-5-7-9-16)22(28)25-17-10-11-21-19(12-17)26-23(29-21)15(2)3/h5-13,15H,4,14H2,1-3H3,(H,25,28). The molecule has 0 bridgehead atoms. The van der Waals surface area contributed by atoms with E-state index in [9.17, 15) is 4.79 Å². The van der Waals surface area contributed by atoms with Crippen molar-refractivity contribution in [3.63, 3.8) is 0 Å². The molecular weight excluding hydrogens is 364 g/mol. The van der Waals surface area contributed by atoms with Crippen LogP contribution in [-0.4, -0.2) is 20.7 Å². The van der Waals surface area contributed by atoms with Crippen LogP contribution in [0.2, 0.25) is 0 Å². The maximum absolute atomic E-state index is 12.9. The third kappa shape index (κ3) is 3.92. The first-order valence-corrected chi connectivity index (χ1v) is 9.85. The van der Waals surface area contributed by atoms with Crippen molar-refractivity contribution in [2.45, 2.75) is 39.7 Å². The minimum atomic E-state index is -0.173. The molecule has 1 N–H and O–H groups in total. The second-order valence-corrected chi connectivity index (χ2v) is 7.35. The summed E-state index contributed by atoms with van der Waals surface area (Å²) in [7, 11) is 0. The van der Waals surface area contributed by atoms with Crippen LogP contribution in [0.15, 0.2) is 59.1 Å². The van der Waals surface area contributed by atoms with Crippen molar-refractivity contribution in [3.8, 4) is 0 Å². The van der Waals surface area contributed by atoms with Crippen LogP contribution in [0.4, 0.5) is 5.69 Å². The summed E-state index contributed by atoms with van der Waals surface area (Å²) in [5.74, 6) is 0.732. The number of aromatic nitrogens is 3. The number of rotatable bonds is 6. The molecule has 0 aliphatic heterocycles. The number of carbonyl (C=O) groups is 1. The van der Waals surface area contributed by atoms with E-state index in [1.54, 1.807) is 6.20 Å². The molecule has 0 saturated carbocycles. The molecule has 0 spiro atoms. The Bertz CT molecular complexity index is 1140. The van der Waals surface area contributed by atoms with Gasteiger partial charge in [0.15, 0.2) is 11.5 Å². The van der Waals surface area contributed by atoms with Crippen LogP contribution in [0.5, 0.6) is 0 Å². The molecule has 0 saturated heterocycles. The van der Waals surface area contributed by atoms with Gasteiger partial charge in [-0.2, -0.15) is 5.10 Å². The highest BCUT2D eigenvalue weighted by molar-refractivity contribution is 6.05. The Labute approximate surface area is 169 Å². The summed E-state index contributed by atoms with van der Waals surface area (Å²) in [6, 6.07) is 15.6. The van der Waals surface area contributed by atoms with Crippen LogP contribution in [0, 0.1) is 0 Å². The fourth-order valence-electron chi connectivity index (χ4n) is 3.33. The van der Waals surface area contributed by atoms with Crippen molar-refractivity contribution in [1.82, 2.24) is 14.8 Å². The number of oxazole rings is 1. The third-order valence-corrected chi connectivity index (χ3v) is 4.86. The molecule has 29 heavy (non-hydrogen) atoms. The van der Waals surface area contributed by atoms with Gasteiger partial charge in [0.2, 0.25) is 0 Å². The SMILES string of the molecule is CCc1c(C(=O)Nc2ccc3oc(C(C)C)nc3c2)cnn1Cc1ccccc1. The van der Waals surface area contributed by atoms with E-state index < -0.39 is 0 Å². The number of amides is 1. The Morgan fingerprint density at radius 2 is 1.97 bits per heavy atom. The van der Waals surface area contributed by atoms with Gasteiger partial charge in [0.1, 0.15) is 5.52 Å². The van der Waals surface area contributed by atoms with Gasteiger partial charge in [0, 0.05) is 11.6 Å². The van der Waals surface area contributed by atoms with Gasteiger partial charge in [0.25, 0.3) is 5.91 Å². The summed E-state index contributed by atoms with van der Waals surface area (Å²) in [6.45, 7) is 6.74. The van der Waals surface area contributed by atoms with Crippen molar-refractivity contribution in [2.24, 2.45) is 0 Å². The third-order valence-electron chi connectivity index (χ3n) is 4.86. The predicted octanol–water partition coefficient (Wildman–Crippen LogP) is 5.01. The maximum Gasteiger partial charge on any atom is 0.259 e. The van der Waals surface area contributed by atoms with Gasteiger partial charge in [-0.1, -0.05) is 51.1 Å². The Morgan fingerprint density at radius 3 is 2.69 bits per heavy atom. The Hall–Kier alpha value is -3.41. The summed E-state index contributed by atoms with van der Waals surface area (Å²) in [4.78, 5) is 17.4. The fraction of sp³-hybridized carbons (Fsp3) is 0.261. The Balaban J connectivity index is 1.56.